The zero-order chi connectivity index (χ0) is 12.0. The lowest BCUT2D eigenvalue weighted by Crippen LogP contribution is -2.10. The fraction of sp³-hybridized carbons (Fsp3) is 0.500. The molecular formula is C12H19NO3. The topological polar surface area (TPSA) is 53.7 Å². The van der Waals surface area contributed by atoms with E-state index in [9.17, 15) is 0 Å². The molecule has 0 fully saturated rings. The predicted octanol–water partition coefficient (Wildman–Crippen LogP) is 1.74. The number of hydrogen-bond acceptors (Lipinski definition) is 4. The third kappa shape index (κ3) is 3.40. The number of nitrogens with two attached hydrogens (primary N) is 1. The summed E-state index contributed by atoms with van der Waals surface area (Å²) in [6.07, 6.45) is 0. The molecule has 0 saturated heterocycles. The number of methoxy groups -OCH3 is 2. The third-order valence-corrected chi connectivity index (χ3v) is 2.26. The van der Waals surface area contributed by atoms with Gasteiger partial charge >= 0.3 is 0 Å². The molecule has 0 saturated carbocycles. The zero-order valence-corrected chi connectivity index (χ0v) is 10.0. The Morgan fingerprint density at radius 2 is 2.00 bits per heavy atom. The molecule has 0 aliphatic carbocycles. The van der Waals surface area contributed by atoms with Crippen LogP contribution in [0.2, 0.25) is 0 Å². The van der Waals surface area contributed by atoms with Gasteiger partial charge in [-0.3, -0.25) is 0 Å². The molecular weight excluding hydrogens is 206 g/mol. The van der Waals surface area contributed by atoms with Gasteiger partial charge in [0, 0.05) is 24.8 Å². The standard InChI is InChI=1S/C12H19NO3/c1-9(13)11-5-4-10(15-3)8-12(11)16-7-6-14-2/h4-5,8-9H,6-7,13H2,1-3H3. The van der Waals surface area contributed by atoms with Gasteiger partial charge in [-0.15, -0.1) is 0 Å². The van der Waals surface area contributed by atoms with Crippen LogP contribution >= 0.6 is 0 Å². The van der Waals surface area contributed by atoms with Crippen LogP contribution in [0.25, 0.3) is 0 Å². The van der Waals surface area contributed by atoms with Gasteiger partial charge in [0.25, 0.3) is 0 Å². The van der Waals surface area contributed by atoms with Crippen LogP contribution in [0.3, 0.4) is 0 Å². The van der Waals surface area contributed by atoms with Crippen LogP contribution in [-0.2, 0) is 4.74 Å². The Balaban J connectivity index is 2.83. The first-order valence-corrected chi connectivity index (χ1v) is 5.24. The Morgan fingerprint density at radius 1 is 1.25 bits per heavy atom. The zero-order valence-electron chi connectivity index (χ0n) is 10.0. The molecule has 0 aromatic heterocycles. The van der Waals surface area contributed by atoms with Crippen LogP contribution < -0.4 is 15.2 Å². The molecule has 90 valence electrons. The van der Waals surface area contributed by atoms with Gasteiger partial charge in [-0.1, -0.05) is 6.07 Å². The molecule has 2 N–H and O–H groups in total. The van der Waals surface area contributed by atoms with E-state index in [1.807, 2.05) is 25.1 Å². The van der Waals surface area contributed by atoms with Gasteiger partial charge in [-0.05, 0) is 13.0 Å². The monoisotopic (exact) mass is 225 g/mol. The second-order valence-electron chi connectivity index (χ2n) is 3.53. The predicted molar refractivity (Wildman–Crippen MR) is 63.0 cm³/mol. The molecule has 0 heterocycles. The van der Waals surface area contributed by atoms with Crippen LogP contribution in [0, 0.1) is 0 Å². The maximum absolute atomic E-state index is 5.86. The molecule has 1 aromatic carbocycles. The van der Waals surface area contributed by atoms with Crippen LogP contribution in [0.4, 0.5) is 0 Å². The number of ether oxygens (including phenoxy) is 3. The van der Waals surface area contributed by atoms with Crippen LogP contribution in [0.1, 0.15) is 18.5 Å². The molecule has 0 aliphatic rings. The van der Waals surface area contributed by atoms with Crippen molar-refractivity contribution in [2.75, 3.05) is 27.4 Å². The summed E-state index contributed by atoms with van der Waals surface area (Å²) in [5.74, 6) is 1.52. The minimum atomic E-state index is -0.0662. The first-order chi connectivity index (χ1) is 7.69. The summed E-state index contributed by atoms with van der Waals surface area (Å²) in [4.78, 5) is 0. The number of rotatable bonds is 6. The fourth-order valence-corrected chi connectivity index (χ4v) is 1.38. The highest BCUT2D eigenvalue weighted by Gasteiger charge is 2.09. The molecule has 16 heavy (non-hydrogen) atoms. The van der Waals surface area contributed by atoms with E-state index in [2.05, 4.69) is 0 Å². The van der Waals surface area contributed by atoms with E-state index in [1.54, 1.807) is 14.2 Å². The SMILES string of the molecule is COCCOc1cc(OC)ccc1C(C)N. The van der Waals surface area contributed by atoms with E-state index in [4.69, 9.17) is 19.9 Å². The Labute approximate surface area is 96.3 Å². The highest BCUT2D eigenvalue weighted by Crippen LogP contribution is 2.28. The summed E-state index contributed by atoms with van der Waals surface area (Å²) in [5, 5.41) is 0. The lowest BCUT2D eigenvalue weighted by Gasteiger charge is -2.14. The van der Waals surface area contributed by atoms with Gasteiger partial charge in [0.1, 0.15) is 18.1 Å². The maximum atomic E-state index is 5.86. The second kappa shape index (κ2) is 6.35. The summed E-state index contributed by atoms with van der Waals surface area (Å²) in [6.45, 7) is 2.98. The molecule has 0 amide bonds. The van der Waals surface area contributed by atoms with Gasteiger partial charge in [-0.2, -0.15) is 0 Å². The fourth-order valence-electron chi connectivity index (χ4n) is 1.38. The Morgan fingerprint density at radius 3 is 2.56 bits per heavy atom. The molecule has 0 spiro atoms. The lowest BCUT2D eigenvalue weighted by molar-refractivity contribution is 0.145. The highest BCUT2D eigenvalue weighted by molar-refractivity contribution is 5.42. The second-order valence-corrected chi connectivity index (χ2v) is 3.53. The molecule has 1 rings (SSSR count). The molecule has 0 aliphatic heterocycles. The third-order valence-electron chi connectivity index (χ3n) is 2.26. The van der Waals surface area contributed by atoms with E-state index < -0.39 is 0 Å². The average Bonchev–Trinajstić information content (AvgIpc) is 2.29. The minimum absolute atomic E-state index is 0.0662. The van der Waals surface area contributed by atoms with Crippen molar-refractivity contribution in [2.24, 2.45) is 5.73 Å². The summed E-state index contributed by atoms with van der Waals surface area (Å²) in [5.41, 5.74) is 6.83. The molecule has 4 nitrogen and oxygen atoms in total. The van der Waals surface area contributed by atoms with Crippen molar-refractivity contribution in [3.63, 3.8) is 0 Å². The van der Waals surface area contributed by atoms with Gasteiger partial charge < -0.3 is 19.9 Å². The van der Waals surface area contributed by atoms with Crippen LogP contribution in [-0.4, -0.2) is 27.4 Å². The Hall–Kier alpha value is -1.26. The van der Waals surface area contributed by atoms with E-state index >= 15 is 0 Å². The first-order valence-electron chi connectivity index (χ1n) is 5.24. The van der Waals surface area contributed by atoms with Crippen LogP contribution in [0.5, 0.6) is 11.5 Å². The number of benzene rings is 1. The molecule has 0 bridgehead atoms. The first kappa shape index (κ1) is 12.8. The molecule has 0 radical (unpaired) electrons. The summed E-state index contributed by atoms with van der Waals surface area (Å²) < 4.78 is 15.7. The smallest absolute Gasteiger partial charge is 0.127 e. The summed E-state index contributed by atoms with van der Waals surface area (Å²) in [7, 11) is 3.27. The van der Waals surface area contributed by atoms with E-state index in [0.717, 1.165) is 17.1 Å². The van der Waals surface area contributed by atoms with Crippen molar-refractivity contribution < 1.29 is 14.2 Å². The number of hydrogen-bond donors (Lipinski definition) is 1. The van der Waals surface area contributed by atoms with E-state index in [-0.39, 0.29) is 6.04 Å². The normalized spacial score (nSPS) is 12.2. The van der Waals surface area contributed by atoms with Crippen molar-refractivity contribution in [3.8, 4) is 11.5 Å². The highest BCUT2D eigenvalue weighted by atomic mass is 16.5. The Bertz CT molecular complexity index is 326. The Kier molecular flexibility index (Phi) is 5.08. The largest absolute Gasteiger partial charge is 0.497 e. The minimum Gasteiger partial charge on any atom is -0.497 e. The van der Waals surface area contributed by atoms with E-state index in [0.29, 0.717) is 13.2 Å². The van der Waals surface area contributed by atoms with E-state index in [1.165, 1.54) is 0 Å². The van der Waals surface area contributed by atoms with Crippen molar-refractivity contribution in [1.29, 1.82) is 0 Å². The molecule has 1 aromatic rings. The van der Waals surface area contributed by atoms with Gasteiger partial charge in [0.05, 0.1) is 13.7 Å². The lowest BCUT2D eigenvalue weighted by atomic mass is 10.1. The summed E-state index contributed by atoms with van der Waals surface area (Å²) >= 11 is 0. The van der Waals surface area contributed by atoms with Crippen molar-refractivity contribution in [3.05, 3.63) is 23.8 Å². The van der Waals surface area contributed by atoms with Crippen LogP contribution in [0.15, 0.2) is 18.2 Å². The summed E-state index contributed by atoms with van der Waals surface area (Å²) in [6, 6.07) is 5.57. The van der Waals surface area contributed by atoms with Gasteiger partial charge in [0.2, 0.25) is 0 Å². The molecule has 1 unspecified atom stereocenters. The quantitative estimate of drug-likeness (QED) is 0.749. The average molecular weight is 225 g/mol. The molecule has 1 atom stereocenters. The maximum Gasteiger partial charge on any atom is 0.127 e. The molecule has 4 heteroatoms. The van der Waals surface area contributed by atoms with Crippen molar-refractivity contribution >= 4 is 0 Å². The van der Waals surface area contributed by atoms with Crippen molar-refractivity contribution in [1.82, 2.24) is 0 Å². The van der Waals surface area contributed by atoms with Crippen molar-refractivity contribution in [2.45, 2.75) is 13.0 Å². The van der Waals surface area contributed by atoms with Gasteiger partial charge in [0.15, 0.2) is 0 Å². The van der Waals surface area contributed by atoms with Gasteiger partial charge in [-0.25, -0.2) is 0 Å².